The molecule has 0 radical (unpaired) electrons. The predicted octanol–water partition coefficient (Wildman–Crippen LogP) is 0.786. The monoisotopic (exact) mass is 241 g/mol. The van der Waals surface area contributed by atoms with Crippen molar-refractivity contribution in [2.24, 2.45) is 5.92 Å². The summed E-state index contributed by atoms with van der Waals surface area (Å²) < 4.78 is 0. The Hall–Kier alpha value is -0.610. The first kappa shape index (κ1) is 14.5. The fourth-order valence-electron chi connectivity index (χ4n) is 2.23. The highest BCUT2D eigenvalue weighted by atomic mass is 16.2. The quantitative estimate of drug-likeness (QED) is 0.716. The van der Waals surface area contributed by atoms with Gasteiger partial charge in [-0.2, -0.15) is 0 Å². The molecule has 0 aromatic heterocycles. The molecule has 1 atom stereocenters. The van der Waals surface area contributed by atoms with Crippen molar-refractivity contribution in [3.63, 3.8) is 0 Å². The number of hydrogen-bond donors (Lipinski definition) is 1. The van der Waals surface area contributed by atoms with E-state index in [1.807, 2.05) is 18.9 Å². The van der Waals surface area contributed by atoms with Crippen LogP contribution >= 0.6 is 0 Å². The first-order valence-electron chi connectivity index (χ1n) is 6.83. The van der Waals surface area contributed by atoms with Crippen LogP contribution in [0, 0.1) is 5.92 Å². The van der Waals surface area contributed by atoms with E-state index in [1.165, 1.54) is 25.9 Å². The van der Waals surface area contributed by atoms with E-state index >= 15 is 0 Å². The molecule has 1 rings (SSSR count). The number of hydrogen-bond acceptors (Lipinski definition) is 3. The van der Waals surface area contributed by atoms with E-state index in [4.69, 9.17) is 0 Å². The number of nitrogens with one attached hydrogen (secondary N) is 1. The highest BCUT2D eigenvalue weighted by Crippen LogP contribution is 2.07. The minimum absolute atomic E-state index is 0.0820. The third-order valence-corrected chi connectivity index (χ3v) is 3.45. The second kappa shape index (κ2) is 7.67. The Morgan fingerprint density at radius 2 is 2.06 bits per heavy atom. The fourth-order valence-corrected chi connectivity index (χ4v) is 2.23. The summed E-state index contributed by atoms with van der Waals surface area (Å²) in [4.78, 5) is 16.3. The summed E-state index contributed by atoms with van der Waals surface area (Å²) in [6.45, 7) is 10.1. The summed E-state index contributed by atoms with van der Waals surface area (Å²) in [6.07, 6.45) is 2.63. The first-order chi connectivity index (χ1) is 8.15. The number of nitrogens with zero attached hydrogens (tertiary/aromatic N) is 2. The highest BCUT2D eigenvalue weighted by molar-refractivity contribution is 5.78. The van der Waals surface area contributed by atoms with Gasteiger partial charge in [-0.05, 0) is 32.5 Å². The molecule has 0 saturated carbocycles. The molecular weight excluding hydrogens is 214 g/mol. The lowest BCUT2D eigenvalue weighted by molar-refractivity contribution is -0.133. The molecule has 1 heterocycles. The van der Waals surface area contributed by atoms with Crippen LogP contribution in [0.4, 0.5) is 0 Å². The Morgan fingerprint density at radius 3 is 2.65 bits per heavy atom. The Kier molecular flexibility index (Phi) is 6.52. The van der Waals surface area contributed by atoms with Gasteiger partial charge >= 0.3 is 0 Å². The summed E-state index contributed by atoms with van der Waals surface area (Å²) in [5, 5.41) is 3.22. The average molecular weight is 241 g/mol. The fraction of sp³-hybridized carbons (Fsp3) is 0.923. The maximum absolute atomic E-state index is 12.0. The molecule has 1 amide bonds. The van der Waals surface area contributed by atoms with Gasteiger partial charge in [0.15, 0.2) is 0 Å². The second-order valence-corrected chi connectivity index (χ2v) is 5.02. The molecule has 17 heavy (non-hydrogen) atoms. The van der Waals surface area contributed by atoms with Crippen LogP contribution in [0.3, 0.4) is 0 Å². The van der Waals surface area contributed by atoms with Crippen molar-refractivity contribution in [1.82, 2.24) is 15.1 Å². The molecule has 4 heteroatoms. The zero-order chi connectivity index (χ0) is 12.7. The van der Waals surface area contributed by atoms with E-state index in [-0.39, 0.29) is 11.8 Å². The molecule has 0 aromatic rings. The minimum atomic E-state index is 0.0820. The van der Waals surface area contributed by atoms with Gasteiger partial charge < -0.3 is 15.1 Å². The van der Waals surface area contributed by atoms with Gasteiger partial charge in [-0.15, -0.1) is 0 Å². The summed E-state index contributed by atoms with van der Waals surface area (Å²) >= 11 is 0. The van der Waals surface area contributed by atoms with E-state index in [1.54, 1.807) is 0 Å². The standard InChI is InChI=1S/C13H27N3O/c1-4-14-11-12(2)13(17)15(3)9-10-16-7-5-6-8-16/h12,14H,4-11H2,1-3H3. The number of carbonyl (C=O) groups excluding carboxylic acids is 1. The van der Waals surface area contributed by atoms with Gasteiger partial charge in [0.05, 0.1) is 0 Å². The third kappa shape index (κ3) is 5.04. The van der Waals surface area contributed by atoms with E-state index in [0.29, 0.717) is 0 Å². The predicted molar refractivity (Wildman–Crippen MR) is 71.0 cm³/mol. The largest absolute Gasteiger partial charge is 0.344 e. The molecule has 1 saturated heterocycles. The highest BCUT2D eigenvalue weighted by Gasteiger charge is 2.18. The van der Waals surface area contributed by atoms with E-state index in [2.05, 4.69) is 17.1 Å². The lowest BCUT2D eigenvalue weighted by atomic mass is 10.1. The molecule has 100 valence electrons. The minimum Gasteiger partial charge on any atom is -0.344 e. The number of likely N-dealkylation sites (N-methyl/N-ethyl adjacent to an activating group) is 1. The summed E-state index contributed by atoms with van der Waals surface area (Å²) in [6, 6.07) is 0. The van der Waals surface area contributed by atoms with Gasteiger partial charge in [-0.1, -0.05) is 13.8 Å². The van der Waals surface area contributed by atoms with Crippen molar-refractivity contribution in [1.29, 1.82) is 0 Å². The van der Waals surface area contributed by atoms with Gasteiger partial charge in [-0.3, -0.25) is 4.79 Å². The van der Waals surface area contributed by atoms with Crippen LogP contribution in [-0.2, 0) is 4.79 Å². The van der Waals surface area contributed by atoms with Crippen molar-refractivity contribution >= 4 is 5.91 Å². The molecule has 0 bridgehead atoms. The van der Waals surface area contributed by atoms with Gasteiger partial charge in [-0.25, -0.2) is 0 Å². The third-order valence-electron chi connectivity index (χ3n) is 3.45. The average Bonchev–Trinajstić information content (AvgIpc) is 2.85. The van der Waals surface area contributed by atoms with Crippen LogP contribution in [-0.4, -0.2) is 62.0 Å². The number of amides is 1. The topological polar surface area (TPSA) is 35.6 Å². The molecule has 0 aromatic carbocycles. The van der Waals surface area contributed by atoms with Crippen LogP contribution in [0.5, 0.6) is 0 Å². The van der Waals surface area contributed by atoms with Gasteiger partial charge in [0, 0.05) is 32.6 Å². The molecule has 1 fully saturated rings. The Bertz CT molecular complexity index is 227. The van der Waals surface area contributed by atoms with Crippen molar-refractivity contribution in [2.45, 2.75) is 26.7 Å². The van der Waals surface area contributed by atoms with Crippen LogP contribution in [0.2, 0.25) is 0 Å². The normalized spacial score (nSPS) is 18.3. The molecule has 0 spiro atoms. The lowest BCUT2D eigenvalue weighted by Crippen LogP contribution is -2.40. The zero-order valence-corrected chi connectivity index (χ0v) is 11.5. The second-order valence-electron chi connectivity index (χ2n) is 5.02. The van der Waals surface area contributed by atoms with Crippen LogP contribution in [0.1, 0.15) is 26.7 Å². The molecule has 1 unspecified atom stereocenters. The molecular formula is C13H27N3O. The van der Waals surface area contributed by atoms with E-state index in [9.17, 15) is 4.79 Å². The Morgan fingerprint density at radius 1 is 1.41 bits per heavy atom. The van der Waals surface area contributed by atoms with Crippen LogP contribution in [0.25, 0.3) is 0 Å². The van der Waals surface area contributed by atoms with E-state index in [0.717, 1.165) is 26.2 Å². The summed E-state index contributed by atoms with van der Waals surface area (Å²) in [5.41, 5.74) is 0. The first-order valence-corrected chi connectivity index (χ1v) is 6.83. The molecule has 1 aliphatic heterocycles. The van der Waals surface area contributed by atoms with Gasteiger partial charge in [0.2, 0.25) is 5.91 Å². The molecule has 1 aliphatic rings. The van der Waals surface area contributed by atoms with Crippen LogP contribution in [0.15, 0.2) is 0 Å². The van der Waals surface area contributed by atoms with Gasteiger partial charge in [0.25, 0.3) is 0 Å². The number of rotatable bonds is 7. The lowest BCUT2D eigenvalue weighted by Gasteiger charge is -2.24. The van der Waals surface area contributed by atoms with E-state index < -0.39 is 0 Å². The summed E-state index contributed by atoms with van der Waals surface area (Å²) in [5.74, 6) is 0.337. The van der Waals surface area contributed by atoms with Crippen molar-refractivity contribution in [3.05, 3.63) is 0 Å². The SMILES string of the molecule is CCNCC(C)C(=O)N(C)CCN1CCCC1. The van der Waals surface area contributed by atoms with Crippen molar-refractivity contribution < 1.29 is 4.79 Å². The smallest absolute Gasteiger partial charge is 0.226 e. The maximum atomic E-state index is 12.0. The number of likely N-dealkylation sites (tertiary alicyclic amines) is 1. The molecule has 4 nitrogen and oxygen atoms in total. The Balaban J connectivity index is 2.20. The summed E-state index contributed by atoms with van der Waals surface area (Å²) in [7, 11) is 1.92. The molecule has 1 N–H and O–H groups in total. The van der Waals surface area contributed by atoms with Crippen molar-refractivity contribution in [2.75, 3.05) is 46.3 Å². The maximum Gasteiger partial charge on any atom is 0.226 e. The number of carbonyl (C=O) groups is 1. The van der Waals surface area contributed by atoms with Gasteiger partial charge in [0.1, 0.15) is 0 Å². The molecule has 0 aliphatic carbocycles. The Labute approximate surface area is 105 Å². The van der Waals surface area contributed by atoms with Crippen LogP contribution < -0.4 is 5.32 Å². The zero-order valence-electron chi connectivity index (χ0n) is 11.5. The van der Waals surface area contributed by atoms with Crippen molar-refractivity contribution in [3.8, 4) is 0 Å².